The van der Waals surface area contributed by atoms with Gasteiger partial charge in [0.25, 0.3) is 5.56 Å². The van der Waals surface area contributed by atoms with Crippen molar-refractivity contribution in [1.82, 2.24) is 19.7 Å². The van der Waals surface area contributed by atoms with Gasteiger partial charge in [0.05, 0.1) is 12.2 Å². The van der Waals surface area contributed by atoms with Crippen LogP contribution in [0.15, 0.2) is 41.5 Å². The van der Waals surface area contributed by atoms with Gasteiger partial charge in [-0.1, -0.05) is 26.8 Å². The average molecular weight is 312 g/mol. The Bertz CT molecular complexity index is 712. The van der Waals surface area contributed by atoms with Crippen LogP contribution in [0.25, 0.3) is 0 Å². The molecule has 122 valence electrons. The van der Waals surface area contributed by atoms with Crippen LogP contribution in [0.1, 0.15) is 32.0 Å². The molecule has 2 aromatic heterocycles. The SMILES string of the molecule is CC(C)(C)c1ccc(=O)n(CC2CN(Cc3cccnc3)C2)n1. The summed E-state index contributed by atoms with van der Waals surface area (Å²) < 4.78 is 1.63. The van der Waals surface area contributed by atoms with Gasteiger partial charge in [0.1, 0.15) is 0 Å². The monoisotopic (exact) mass is 312 g/mol. The lowest BCUT2D eigenvalue weighted by atomic mass is 9.92. The molecule has 3 heterocycles. The van der Waals surface area contributed by atoms with Crippen LogP contribution in [0.2, 0.25) is 0 Å². The highest BCUT2D eigenvalue weighted by molar-refractivity contribution is 5.11. The summed E-state index contributed by atoms with van der Waals surface area (Å²) >= 11 is 0. The highest BCUT2D eigenvalue weighted by atomic mass is 16.1. The van der Waals surface area contributed by atoms with E-state index in [0.717, 1.165) is 25.3 Å². The highest BCUT2D eigenvalue weighted by Gasteiger charge is 2.28. The summed E-state index contributed by atoms with van der Waals surface area (Å²) in [6.45, 7) is 9.97. The van der Waals surface area contributed by atoms with Crippen LogP contribution in [0, 0.1) is 5.92 Å². The number of hydrogen-bond donors (Lipinski definition) is 0. The molecule has 0 bridgehead atoms. The van der Waals surface area contributed by atoms with Gasteiger partial charge in [-0.05, 0) is 17.7 Å². The van der Waals surface area contributed by atoms with Gasteiger partial charge in [0, 0.05) is 49.4 Å². The summed E-state index contributed by atoms with van der Waals surface area (Å²) in [7, 11) is 0. The van der Waals surface area contributed by atoms with E-state index in [-0.39, 0.29) is 11.0 Å². The average Bonchev–Trinajstić information content (AvgIpc) is 2.47. The van der Waals surface area contributed by atoms with E-state index < -0.39 is 0 Å². The standard InChI is InChI=1S/C18H24N4O/c1-18(2,3)16-6-7-17(23)22(20-16)13-15-11-21(12-15)10-14-5-4-8-19-9-14/h4-9,15H,10-13H2,1-3H3. The molecule has 3 rings (SSSR count). The second-order valence-electron chi connectivity index (χ2n) is 7.41. The molecule has 2 aromatic rings. The van der Waals surface area contributed by atoms with E-state index in [1.807, 2.05) is 18.3 Å². The zero-order valence-corrected chi connectivity index (χ0v) is 14.1. The minimum Gasteiger partial charge on any atom is -0.298 e. The molecule has 0 unspecified atom stereocenters. The molecule has 0 aliphatic carbocycles. The van der Waals surface area contributed by atoms with Gasteiger partial charge in [-0.15, -0.1) is 0 Å². The van der Waals surface area contributed by atoms with E-state index in [9.17, 15) is 4.79 Å². The third-order valence-electron chi connectivity index (χ3n) is 4.23. The van der Waals surface area contributed by atoms with Crippen LogP contribution in [-0.4, -0.2) is 32.8 Å². The molecule has 0 N–H and O–H groups in total. The molecule has 0 aromatic carbocycles. The minimum absolute atomic E-state index is 0.0105. The van der Waals surface area contributed by atoms with Gasteiger partial charge in [0.2, 0.25) is 0 Å². The highest BCUT2D eigenvalue weighted by Crippen LogP contribution is 2.21. The Morgan fingerprint density at radius 2 is 2.00 bits per heavy atom. The molecule has 0 spiro atoms. The Morgan fingerprint density at radius 3 is 2.65 bits per heavy atom. The number of pyridine rings is 1. The van der Waals surface area contributed by atoms with Crippen molar-refractivity contribution in [2.24, 2.45) is 5.92 Å². The fourth-order valence-electron chi connectivity index (χ4n) is 2.90. The normalized spacial score (nSPS) is 16.3. The van der Waals surface area contributed by atoms with E-state index in [4.69, 9.17) is 0 Å². The van der Waals surface area contributed by atoms with E-state index >= 15 is 0 Å². The number of hydrogen-bond acceptors (Lipinski definition) is 4. The van der Waals surface area contributed by atoms with Crippen molar-refractivity contribution in [1.29, 1.82) is 0 Å². The van der Waals surface area contributed by atoms with Crippen LogP contribution in [0.3, 0.4) is 0 Å². The second-order valence-corrected chi connectivity index (χ2v) is 7.41. The van der Waals surface area contributed by atoms with Crippen molar-refractivity contribution >= 4 is 0 Å². The van der Waals surface area contributed by atoms with E-state index in [0.29, 0.717) is 12.5 Å². The summed E-state index contributed by atoms with van der Waals surface area (Å²) in [6.07, 6.45) is 3.70. The van der Waals surface area contributed by atoms with Gasteiger partial charge in [0.15, 0.2) is 0 Å². The number of nitrogens with zero attached hydrogens (tertiary/aromatic N) is 4. The number of aromatic nitrogens is 3. The summed E-state index contributed by atoms with van der Waals surface area (Å²) in [6, 6.07) is 7.54. The van der Waals surface area contributed by atoms with Crippen molar-refractivity contribution in [3.05, 3.63) is 58.3 Å². The van der Waals surface area contributed by atoms with Crippen molar-refractivity contribution in [3.63, 3.8) is 0 Å². The fourth-order valence-corrected chi connectivity index (χ4v) is 2.90. The molecule has 1 aliphatic rings. The molecule has 0 amide bonds. The van der Waals surface area contributed by atoms with E-state index in [2.05, 4.69) is 41.8 Å². The van der Waals surface area contributed by atoms with E-state index in [1.165, 1.54) is 5.56 Å². The van der Waals surface area contributed by atoms with Crippen LogP contribution in [0.5, 0.6) is 0 Å². The van der Waals surface area contributed by atoms with Gasteiger partial charge in [-0.25, -0.2) is 4.68 Å². The number of rotatable bonds is 4. The Balaban J connectivity index is 1.59. The molecule has 5 heteroatoms. The topological polar surface area (TPSA) is 51.0 Å². The minimum atomic E-state index is -0.0403. The maximum Gasteiger partial charge on any atom is 0.266 e. The molecule has 0 radical (unpaired) electrons. The second kappa shape index (κ2) is 6.24. The van der Waals surface area contributed by atoms with Crippen molar-refractivity contribution in [2.75, 3.05) is 13.1 Å². The predicted molar refractivity (Wildman–Crippen MR) is 90.2 cm³/mol. The molecule has 23 heavy (non-hydrogen) atoms. The van der Waals surface area contributed by atoms with Crippen LogP contribution >= 0.6 is 0 Å². The lowest BCUT2D eigenvalue weighted by Crippen LogP contribution is -2.49. The quantitative estimate of drug-likeness (QED) is 0.867. The molecular weight excluding hydrogens is 288 g/mol. The lowest BCUT2D eigenvalue weighted by molar-refractivity contribution is 0.0762. The molecule has 1 fully saturated rings. The summed E-state index contributed by atoms with van der Waals surface area (Å²) in [4.78, 5) is 18.5. The smallest absolute Gasteiger partial charge is 0.266 e. The molecule has 0 atom stereocenters. The predicted octanol–water partition coefficient (Wildman–Crippen LogP) is 2.07. The first-order valence-electron chi connectivity index (χ1n) is 8.12. The first kappa shape index (κ1) is 15.9. The van der Waals surface area contributed by atoms with Gasteiger partial charge < -0.3 is 0 Å². The van der Waals surface area contributed by atoms with Gasteiger partial charge >= 0.3 is 0 Å². The van der Waals surface area contributed by atoms with Crippen LogP contribution in [0.4, 0.5) is 0 Å². The molecule has 1 saturated heterocycles. The van der Waals surface area contributed by atoms with Gasteiger partial charge in [-0.3, -0.25) is 14.7 Å². The Labute approximate surface area is 137 Å². The molecular formula is C18H24N4O. The van der Waals surface area contributed by atoms with Crippen LogP contribution in [-0.2, 0) is 18.5 Å². The summed E-state index contributed by atoms with van der Waals surface area (Å²) in [5, 5.41) is 4.55. The first-order valence-corrected chi connectivity index (χ1v) is 8.12. The number of likely N-dealkylation sites (tertiary alicyclic amines) is 1. The Morgan fingerprint density at radius 1 is 1.22 bits per heavy atom. The van der Waals surface area contributed by atoms with E-state index in [1.54, 1.807) is 16.9 Å². The Kier molecular flexibility index (Phi) is 4.31. The molecule has 1 aliphatic heterocycles. The van der Waals surface area contributed by atoms with Crippen molar-refractivity contribution < 1.29 is 0 Å². The third-order valence-corrected chi connectivity index (χ3v) is 4.23. The third kappa shape index (κ3) is 3.85. The maximum atomic E-state index is 12.0. The Hall–Kier alpha value is -2.01. The molecule has 0 saturated carbocycles. The van der Waals surface area contributed by atoms with Crippen LogP contribution < -0.4 is 5.56 Å². The molecule has 5 nitrogen and oxygen atoms in total. The van der Waals surface area contributed by atoms with Gasteiger partial charge in [-0.2, -0.15) is 5.10 Å². The van der Waals surface area contributed by atoms with Crippen molar-refractivity contribution in [3.8, 4) is 0 Å². The zero-order chi connectivity index (χ0) is 16.4. The summed E-state index contributed by atoms with van der Waals surface area (Å²) in [5.74, 6) is 0.493. The largest absolute Gasteiger partial charge is 0.298 e. The maximum absolute atomic E-state index is 12.0. The fraction of sp³-hybridized carbons (Fsp3) is 0.500. The summed E-state index contributed by atoms with van der Waals surface area (Å²) in [5.41, 5.74) is 2.14. The van der Waals surface area contributed by atoms with Crippen molar-refractivity contribution in [2.45, 2.75) is 39.3 Å². The first-order chi connectivity index (χ1) is 10.9. The zero-order valence-electron chi connectivity index (χ0n) is 14.1. The lowest BCUT2D eigenvalue weighted by Gasteiger charge is -2.39.